The van der Waals surface area contributed by atoms with E-state index in [-0.39, 0.29) is 23.9 Å². The van der Waals surface area contributed by atoms with Crippen LogP contribution in [-0.4, -0.2) is 49.3 Å². The van der Waals surface area contributed by atoms with Gasteiger partial charge in [0.05, 0.1) is 18.0 Å². The Kier molecular flexibility index (Phi) is 5.91. The molecule has 1 saturated heterocycles. The van der Waals surface area contributed by atoms with Crippen molar-refractivity contribution < 1.29 is 18.3 Å². The van der Waals surface area contributed by atoms with Gasteiger partial charge in [-0.2, -0.15) is 0 Å². The zero-order valence-electron chi connectivity index (χ0n) is 15.6. The van der Waals surface area contributed by atoms with Gasteiger partial charge in [-0.15, -0.1) is 0 Å². The summed E-state index contributed by atoms with van der Waals surface area (Å²) in [5.74, 6) is 0.843. The molecule has 6 nitrogen and oxygen atoms in total. The van der Waals surface area contributed by atoms with Crippen LogP contribution in [0.4, 0.5) is 0 Å². The molecule has 0 radical (unpaired) electrons. The predicted octanol–water partition coefficient (Wildman–Crippen LogP) is 2.09. The van der Waals surface area contributed by atoms with E-state index in [9.17, 15) is 13.5 Å². The summed E-state index contributed by atoms with van der Waals surface area (Å²) in [5, 5.41) is 10.5. The molecule has 0 aromatic heterocycles. The number of aromatic hydroxyl groups is 1. The number of aryl methyl sites for hydroxylation is 1. The molecule has 2 atom stereocenters. The maximum atomic E-state index is 12.3. The lowest BCUT2D eigenvalue weighted by molar-refractivity contribution is -0.0612. The lowest BCUT2D eigenvalue weighted by Crippen LogP contribution is -2.44. The second-order valence-corrected chi connectivity index (χ2v) is 9.54. The Morgan fingerprint density at radius 2 is 2.00 bits per heavy atom. The van der Waals surface area contributed by atoms with Crippen molar-refractivity contribution in [3.05, 3.63) is 28.8 Å². The quantitative estimate of drug-likeness (QED) is 0.813. The Hall–Kier alpha value is -1.15. The van der Waals surface area contributed by atoms with E-state index in [0.29, 0.717) is 38.2 Å². The average molecular weight is 383 g/mol. The van der Waals surface area contributed by atoms with E-state index < -0.39 is 10.0 Å². The van der Waals surface area contributed by atoms with Gasteiger partial charge in [-0.05, 0) is 43.2 Å². The second-order valence-electron chi connectivity index (χ2n) is 7.45. The van der Waals surface area contributed by atoms with Crippen molar-refractivity contribution in [2.45, 2.75) is 51.7 Å². The number of fused-ring (bicyclic) bond motifs is 1. The molecule has 0 saturated carbocycles. The molecule has 1 aromatic rings. The number of hydrogen-bond donors (Lipinski definition) is 2. The summed E-state index contributed by atoms with van der Waals surface area (Å²) in [6.45, 7) is 5.25. The highest BCUT2D eigenvalue weighted by atomic mass is 32.2. The Morgan fingerprint density at radius 3 is 2.62 bits per heavy atom. The first kappa shape index (κ1) is 19.6. The van der Waals surface area contributed by atoms with Crippen LogP contribution in [0.3, 0.4) is 0 Å². The molecule has 146 valence electrons. The topological polar surface area (TPSA) is 92.9 Å². The van der Waals surface area contributed by atoms with Crippen LogP contribution in [0, 0.1) is 12.8 Å². The first-order chi connectivity index (χ1) is 12.4. The minimum absolute atomic E-state index is 0.0280. The Labute approximate surface area is 156 Å². The van der Waals surface area contributed by atoms with Gasteiger partial charge in [-0.25, -0.2) is 12.7 Å². The maximum absolute atomic E-state index is 12.3. The average Bonchev–Trinajstić information content (AvgIpc) is 2.64. The molecule has 0 aliphatic carbocycles. The second kappa shape index (κ2) is 7.84. The third kappa shape index (κ3) is 3.76. The molecular weight excluding hydrogens is 352 g/mol. The molecule has 2 aliphatic rings. The van der Waals surface area contributed by atoms with Gasteiger partial charge in [-0.3, -0.25) is 0 Å². The molecule has 0 amide bonds. The van der Waals surface area contributed by atoms with Gasteiger partial charge in [0.15, 0.2) is 0 Å². The summed E-state index contributed by atoms with van der Waals surface area (Å²) in [6, 6.07) is 3.90. The van der Waals surface area contributed by atoms with Crippen molar-refractivity contribution in [3.63, 3.8) is 0 Å². The van der Waals surface area contributed by atoms with Gasteiger partial charge in [0.25, 0.3) is 0 Å². The molecule has 0 unspecified atom stereocenters. The van der Waals surface area contributed by atoms with Gasteiger partial charge in [-0.1, -0.05) is 19.1 Å². The summed E-state index contributed by atoms with van der Waals surface area (Å²) in [4.78, 5) is 0. The normalized spacial score (nSPS) is 25.2. The number of hydrogen-bond acceptors (Lipinski definition) is 5. The molecular formula is C19H30N2O4S. The van der Waals surface area contributed by atoms with Gasteiger partial charge >= 0.3 is 0 Å². The van der Waals surface area contributed by atoms with E-state index in [1.165, 1.54) is 0 Å². The summed E-state index contributed by atoms with van der Waals surface area (Å²) in [7, 11) is -3.13. The fourth-order valence-electron chi connectivity index (χ4n) is 4.19. The SMILES string of the molecule is CCCS(=O)(=O)N1CCC([C@@H]2Cc3c(ccc(C)c3O)[C@H](CN)O2)CC1. The standard InChI is InChI=1S/C19H30N2O4S/c1-3-10-26(23,24)21-8-6-14(7-9-21)17-11-16-15(18(12-20)25-17)5-4-13(2)19(16)22/h4-5,14,17-18,22H,3,6-12,20H2,1-2H3/t17-,18-/m0/s1. The van der Waals surface area contributed by atoms with E-state index in [1.54, 1.807) is 4.31 Å². The first-order valence-electron chi connectivity index (χ1n) is 9.52. The molecule has 1 aromatic carbocycles. The molecule has 3 rings (SSSR count). The molecule has 2 aliphatic heterocycles. The largest absolute Gasteiger partial charge is 0.507 e. The number of nitrogens with two attached hydrogens (primary N) is 1. The summed E-state index contributed by atoms with van der Waals surface area (Å²) in [6.07, 6.45) is 2.63. The fourth-order valence-corrected chi connectivity index (χ4v) is 5.73. The molecule has 0 bridgehead atoms. The smallest absolute Gasteiger partial charge is 0.214 e. The number of benzene rings is 1. The highest BCUT2D eigenvalue weighted by Crippen LogP contribution is 2.40. The Balaban J connectivity index is 1.73. The third-order valence-electron chi connectivity index (χ3n) is 5.71. The van der Waals surface area contributed by atoms with Crippen LogP contribution in [-0.2, 0) is 21.2 Å². The van der Waals surface area contributed by atoms with Crippen LogP contribution in [0.25, 0.3) is 0 Å². The highest BCUT2D eigenvalue weighted by Gasteiger charge is 2.37. The minimum Gasteiger partial charge on any atom is -0.507 e. The number of phenolic OH excluding ortho intramolecular Hbond substituents is 1. The van der Waals surface area contributed by atoms with Crippen molar-refractivity contribution >= 4 is 10.0 Å². The van der Waals surface area contributed by atoms with Crippen molar-refractivity contribution in [1.29, 1.82) is 0 Å². The number of ether oxygens (including phenoxy) is 1. The maximum Gasteiger partial charge on any atom is 0.214 e. The molecule has 2 heterocycles. The molecule has 7 heteroatoms. The summed E-state index contributed by atoms with van der Waals surface area (Å²) in [5.41, 5.74) is 8.70. The van der Waals surface area contributed by atoms with Gasteiger partial charge in [0.2, 0.25) is 10.0 Å². The van der Waals surface area contributed by atoms with Crippen molar-refractivity contribution in [3.8, 4) is 5.75 Å². The number of piperidine rings is 1. The van der Waals surface area contributed by atoms with E-state index >= 15 is 0 Å². The van der Waals surface area contributed by atoms with Crippen LogP contribution in [0.1, 0.15) is 49.0 Å². The van der Waals surface area contributed by atoms with Gasteiger partial charge < -0.3 is 15.6 Å². The minimum atomic E-state index is -3.13. The van der Waals surface area contributed by atoms with Crippen LogP contribution in [0.5, 0.6) is 5.75 Å². The number of rotatable bonds is 5. The van der Waals surface area contributed by atoms with E-state index in [1.807, 2.05) is 26.0 Å². The Bertz CT molecular complexity index is 742. The van der Waals surface area contributed by atoms with Crippen LogP contribution in [0.15, 0.2) is 12.1 Å². The van der Waals surface area contributed by atoms with Crippen LogP contribution in [0.2, 0.25) is 0 Å². The molecule has 0 spiro atoms. The molecule has 1 fully saturated rings. The first-order valence-corrected chi connectivity index (χ1v) is 11.1. The van der Waals surface area contributed by atoms with Crippen molar-refractivity contribution in [1.82, 2.24) is 4.31 Å². The number of sulfonamides is 1. The third-order valence-corrected chi connectivity index (χ3v) is 7.78. The lowest BCUT2D eigenvalue weighted by atomic mass is 9.83. The summed E-state index contributed by atoms with van der Waals surface area (Å²) >= 11 is 0. The highest BCUT2D eigenvalue weighted by molar-refractivity contribution is 7.89. The van der Waals surface area contributed by atoms with Crippen LogP contribution < -0.4 is 5.73 Å². The zero-order chi connectivity index (χ0) is 18.9. The van der Waals surface area contributed by atoms with E-state index in [2.05, 4.69) is 0 Å². The molecule has 3 N–H and O–H groups in total. The van der Waals surface area contributed by atoms with Crippen molar-refractivity contribution in [2.75, 3.05) is 25.4 Å². The Morgan fingerprint density at radius 1 is 1.31 bits per heavy atom. The van der Waals surface area contributed by atoms with Gasteiger partial charge in [0.1, 0.15) is 5.75 Å². The number of phenols is 1. The van der Waals surface area contributed by atoms with E-state index in [4.69, 9.17) is 10.5 Å². The fraction of sp³-hybridized carbons (Fsp3) is 0.684. The van der Waals surface area contributed by atoms with Crippen molar-refractivity contribution in [2.24, 2.45) is 11.7 Å². The van der Waals surface area contributed by atoms with E-state index in [0.717, 1.165) is 29.5 Å². The van der Waals surface area contributed by atoms with Crippen LogP contribution >= 0.6 is 0 Å². The number of nitrogens with zero attached hydrogens (tertiary/aromatic N) is 1. The lowest BCUT2D eigenvalue weighted by Gasteiger charge is -2.40. The predicted molar refractivity (Wildman–Crippen MR) is 102 cm³/mol. The summed E-state index contributed by atoms with van der Waals surface area (Å²) < 4.78 is 32.4. The monoisotopic (exact) mass is 382 g/mol. The zero-order valence-corrected chi connectivity index (χ0v) is 16.5. The van der Waals surface area contributed by atoms with Gasteiger partial charge in [0, 0.05) is 31.6 Å². The molecule has 26 heavy (non-hydrogen) atoms.